The lowest BCUT2D eigenvalue weighted by Gasteiger charge is -2.47. The molecule has 16 aromatic rings. The Morgan fingerprint density at radius 3 is 1.11 bits per heavy atom. The van der Waals surface area contributed by atoms with Gasteiger partial charge in [0.25, 0.3) is 13.4 Å². The van der Waals surface area contributed by atoms with E-state index in [-0.39, 0.29) is 83.8 Å². The summed E-state index contributed by atoms with van der Waals surface area (Å²) in [6, 6.07) is 109. The summed E-state index contributed by atoms with van der Waals surface area (Å²) < 4.78 is 5.68. The van der Waals surface area contributed by atoms with Crippen molar-refractivity contribution in [3.63, 3.8) is 0 Å². The Morgan fingerprint density at radius 2 is 0.633 bits per heavy atom. The highest BCUT2D eigenvalue weighted by molar-refractivity contribution is 7.34. The van der Waals surface area contributed by atoms with Gasteiger partial charge in [0.05, 0.1) is 11.4 Å². The second-order valence-electron chi connectivity index (χ2n) is 56.9. The van der Waals surface area contributed by atoms with Crippen LogP contribution in [0.2, 0.25) is 0 Å². The van der Waals surface area contributed by atoms with Crippen molar-refractivity contribution in [2.45, 2.75) is 341 Å². The van der Waals surface area contributed by atoms with Gasteiger partial charge in [-0.25, -0.2) is 0 Å². The number of hydrogen-bond donors (Lipinski definition) is 0. The maximum absolute atomic E-state index is 3.22. The van der Waals surface area contributed by atoms with Crippen LogP contribution >= 0.6 is 22.7 Å². The first-order chi connectivity index (χ1) is 70.9. The van der Waals surface area contributed by atoms with Gasteiger partial charge in [-0.2, -0.15) is 0 Å². The number of fused-ring (bicyclic) bond motifs is 21. The van der Waals surface area contributed by atoms with Gasteiger partial charge in [0.15, 0.2) is 8.07 Å². The van der Waals surface area contributed by atoms with Crippen molar-refractivity contribution in [1.82, 2.24) is 0 Å². The van der Waals surface area contributed by atoms with Crippen molar-refractivity contribution in [2.24, 2.45) is 0 Å². The summed E-state index contributed by atoms with van der Waals surface area (Å²) >= 11 is 4.21. The minimum atomic E-state index is -3.22. The van der Waals surface area contributed by atoms with E-state index >= 15 is 0 Å². The summed E-state index contributed by atoms with van der Waals surface area (Å²) in [4.78, 5) is 11.2. The van der Waals surface area contributed by atoms with Gasteiger partial charge in [0.1, 0.15) is 0 Å². The molecule has 0 amide bonds. The molecular weight excluding hydrogens is 1860 g/mol. The van der Waals surface area contributed by atoms with E-state index in [9.17, 15) is 0 Å². The zero-order valence-electron chi connectivity index (χ0n) is 94.3. The molecule has 14 aromatic carbocycles. The normalized spacial score (nSPS) is 21.7. The number of nitrogens with zero attached hydrogens (tertiary/aromatic N) is 4. The van der Waals surface area contributed by atoms with Gasteiger partial charge in [-0.05, 0) is 418 Å². The lowest BCUT2D eigenvalue weighted by molar-refractivity contribution is 0.311. The van der Waals surface area contributed by atoms with Crippen LogP contribution in [0, 0.1) is 6.92 Å². The summed E-state index contributed by atoms with van der Waals surface area (Å²) in [5.74, 6) is 0. The molecule has 2 atom stereocenters. The van der Waals surface area contributed by atoms with Crippen molar-refractivity contribution in [1.29, 1.82) is 0 Å². The van der Waals surface area contributed by atoms with Crippen LogP contribution in [0.1, 0.15) is 341 Å². The standard InChI is InChI=1S/C141H150B2N4S2Si/c1-84-68-115-123-116(69-84)147(126-97-75-103-109(139(23,24)65-60-134(103,13)14)81-119(97)148-128(126)142(123)111-77-105-107(137(19,20)63-61-135(105,15)16)79-113(111)144(115)90-49-54-99-101(72-90)132(9,10)58-56-130(99,5)6)92-48-53-96-95-40-34-35-41-121(95)150(122(96)74-92,93-38-32-29-33-39-93)94-51-42-85(43-52-94)83-141(27)67-66-140(25,26)104-76-98-120(82-110(104)141)149-127-125(98)146(89-46-44-88(45-47-89)129(2,3)4)118-71-87(86-36-30-28-31-37-86)70-117-124(118)143(127)112-78-106-108(138(21,22)64-62-136(106,17)18)80-114(112)145(117)91-50-55-100-102(73-91)133(11,12)59-57-131(100,7)8/h28-55,68-82H,56-67,83H2,1-27H3. The summed E-state index contributed by atoms with van der Waals surface area (Å²) in [7, 11) is -3.22. The second kappa shape index (κ2) is 31.9. The van der Waals surface area contributed by atoms with E-state index < -0.39 is 8.07 Å². The third-order valence-corrected chi connectivity index (χ3v) is 48.2. The Kier molecular flexibility index (Phi) is 20.6. The summed E-state index contributed by atoms with van der Waals surface area (Å²) in [6.07, 6.45) is 14.6. The maximum Gasteiger partial charge on any atom is 0.264 e. The van der Waals surface area contributed by atoms with Crippen LogP contribution in [0.3, 0.4) is 0 Å². The molecule has 0 N–H and O–H groups in total. The molecular formula is C141H150B2N4S2Si. The summed E-state index contributed by atoms with van der Waals surface area (Å²) in [6.45, 7) is 67.6. The first kappa shape index (κ1) is 96.8. The average molecular weight is 2010 g/mol. The molecule has 4 nitrogen and oxygen atoms in total. The minimum absolute atomic E-state index is 0.00512. The Morgan fingerprint density at radius 1 is 0.280 bits per heavy atom. The number of hydrogen-bond acceptors (Lipinski definition) is 6. The lowest BCUT2D eigenvalue weighted by atomic mass is 9.35. The average Bonchev–Trinajstić information content (AvgIpc) is 1.37. The summed E-state index contributed by atoms with van der Waals surface area (Å²) in [5, 5.41) is 8.53. The van der Waals surface area contributed by atoms with Gasteiger partial charge in [-0.15, -0.1) is 22.7 Å². The van der Waals surface area contributed by atoms with Crippen LogP contribution in [-0.4, -0.2) is 21.5 Å². The van der Waals surface area contributed by atoms with Gasteiger partial charge in [0, 0.05) is 86.6 Å². The fraction of sp³-hybridized carbons (Fsp3) is 0.376. The van der Waals surface area contributed by atoms with Crippen LogP contribution in [0.4, 0.5) is 68.2 Å². The van der Waals surface area contributed by atoms with Crippen LogP contribution in [0.15, 0.2) is 261 Å². The quantitative estimate of drug-likeness (QED) is 0.134. The molecule has 5 aliphatic heterocycles. The maximum atomic E-state index is 2.85. The smallest absolute Gasteiger partial charge is 0.264 e. The van der Waals surface area contributed by atoms with E-state index in [0.717, 1.165) is 64.2 Å². The number of benzene rings is 14. The molecule has 11 aliphatic rings. The molecule has 7 heterocycles. The van der Waals surface area contributed by atoms with Crippen molar-refractivity contribution >= 4 is 185 Å². The van der Waals surface area contributed by atoms with Gasteiger partial charge in [0.2, 0.25) is 0 Å². The molecule has 0 bridgehead atoms. The molecule has 0 radical (unpaired) electrons. The third kappa shape index (κ3) is 14.0. The monoisotopic (exact) mass is 2010 g/mol. The van der Waals surface area contributed by atoms with Crippen molar-refractivity contribution in [3.05, 3.63) is 344 Å². The zero-order valence-corrected chi connectivity index (χ0v) is 96.9. The SMILES string of the molecule is Cc1cc2c3c(c1)N(c1ccc4c(c1)[Si](c1ccccc1)(c1ccc(CC5(C)CCC(C)(C)c6cc7c8c(sc7cc65)B5c6cc7c(cc6N(c6ccc9c(c6)C(C)(C)CCC9(C)C)c6cc(-c9ccccc9)cc(c65)N8c5ccc(C(C)(C)C)cc5)C(C)(C)CCC7(C)C)cc1)c1ccccc1-4)c1c(sc4cc5c(cc14)C(C)(C)CCC5(C)C)B3c1cc3c(cc1N2c1ccc2c(c1)C(C)(C)CCC2(C)C)C(C)(C)CCC3(C)C. The molecule has 6 aliphatic carbocycles. The van der Waals surface area contributed by atoms with Crippen LogP contribution < -0.4 is 71.8 Å². The highest BCUT2D eigenvalue weighted by atomic mass is 32.1. The first-order valence-electron chi connectivity index (χ1n) is 56.9. The molecule has 0 saturated carbocycles. The van der Waals surface area contributed by atoms with E-state index in [4.69, 9.17) is 0 Å². The molecule has 27 rings (SSSR count). The Hall–Kier alpha value is -11.5. The first-order valence-corrected chi connectivity index (χ1v) is 60.5. The van der Waals surface area contributed by atoms with E-state index in [2.05, 4.69) is 490 Å². The zero-order chi connectivity index (χ0) is 104. The number of aryl methyl sites for hydroxylation is 1. The van der Waals surface area contributed by atoms with Crippen LogP contribution in [-0.2, 0) is 76.8 Å². The molecule has 0 fully saturated rings. The third-order valence-electron chi connectivity index (χ3n) is 41.0. The Bertz CT molecular complexity index is 8490. The number of anilines is 12. The predicted molar refractivity (Wildman–Crippen MR) is 653 cm³/mol. The van der Waals surface area contributed by atoms with Gasteiger partial charge in [-0.1, -0.05) is 332 Å². The van der Waals surface area contributed by atoms with E-state index in [0.29, 0.717) is 0 Å². The van der Waals surface area contributed by atoms with Crippen molar-refractivity contribution in [3.8, 4) is 22.3 Å². The second-order valence-corrected chi connectivity index (χ2v) is 62.8. The van der Waals surface area contributed by atoms with Crippen LogP contribution in [0.25, 0.3) is 42.4 Å². The van der Waals surface area contributed by atoms with E-state index in [1.807, 2.05) is 0 Å². The van der Waals surface area contributed by atoms with Gasteiger partial charge >= 0.3 is 0 Å². The number of thiophene rings is 2. The summed E-state index contributed by atoms with van der Waals surface area (Å²) in [5.41, 5.74) is 48.2. The number of rotatable bonds is 9. The molecule has 2 aromatic heterocycles. The largest absolute Gasteiger partial charge is 0.311 e. The Labute approximate surface area is 904 Å². The van der Waals surface area contributed by atoms with Crippen molar-refractivity contribution < 1.29 is 0 Å². The van der Waals surface area contributed by atoms with Gasteiger partial charge in [-0.3, -0.25) is 0 Å². The molecule has 9 heteroatoms. The molecule has 0 spiro atoms. The fourth-order valence-corrected chi connectivity index (χ4v) is 38.9. The minimum Gasteiger partial charge on any atom is -0.311 e. The highest BCUT2D eigenvalue weighted by Crippen LogP contribution is 2.62. The van der Waals surface area contributed by atoms with Crippen LogP contribution in [0.5, 0.6) is 0 Å². The molecule has 150 heavy (non-hydrogen) atoms. The molecule has 0 saturated heterocycles. The van der Waals surface area contributed by atoms with E-state index in [1.165, 1.54) is 266 Å². The fourth-order valence-electron chi connectivity index (χ4n) is 31.1. The van der Waals surface area contributed by atoms with Gasteiger partial charge < -0.3 is 19.6 Å². The molecule has 756 valence electrons. The highest BCUT2D eigenvalue weighted by Gasteiger charge is 2.57. The Balaban J connectivity index is 0.636. The lowest BCUT2D eigenvalue weighted by Crippen LogP contribution is -2.72. The topological polar surface area (TPSA) is 13.0 Å². The molecule has 2 unspecified atom stereocenters. The predicted octanol–water partition coefficient (Wildman–Crippen LogP) is 32.2. The van der Waals surface area contributed by atoms with E-state index in [1.54, 1.807) is 0 Å². The van der Waals surface area contributed by atoms with Crippen molar-refractivity contribution in [2.75, 3.05) is 19.6 Å².